The number of carbonyl (C=O) groups excluding carboxylic acids is 1. The molecule has 1 fully saturated rings. The van der Waals surface area contributed by atoms with Crippen molar-refractivity contribution in [3.63, 3.8) is 0 Å². The molecule has 0 aromatic rings. The van der Waals surface area contributed by atoms with E-state index in [0.717, 1.165) is 0 Å². The third-order valence-corrected chi connectivity index (χ3v) is 1.78. The van der Waals surface area contributed by atoms with Crippen molar-refractivity contribution in [2.75, 3.05) is 20.2 Å². The molecule has 1 aliphatic heterocycles. The van der Waals surface area contributed by atoms with Gasteiger partial charge in [0.15, 0.2) is 5.79 Å². The van der Waals surface area contributed by atoms with Gasteiger partial charge in [-0.15, -0.1) is 0 Å². The molecule has 0 saturated carbocycles. The predicted octanol–water partition coefficient (Wildman–Crippen LogP) is 0.0669. The molecule has 0 radical (unpaired) electrons. The molecule has 76 valence electrons. The molecule has 5 heteroatoms. The second kappa shape index (κ2) is 3.93. The maximum atomic E-state index is 10.8. The number of hydrogen-bond donors (Lipinski definition) is 2. The summed E-state index contributed by atoms with van der Waals surface area (Å²) in [6, 6.07) is -0.201. The minimum Gasteiger partial charge on any atom is -0.348 e. The number of carbonyl (C=O) groups is 1. The van der Waals surface area contributed by atoms with Crippen LogP contribution in [0.15, 0.2) is 0 Å². The zero-order valence-electron chi connectivity index (χ0n) is 8.22. The highest BCUT2D eigenvalue weighted by atomic mass is 16.7. The zero-order valence-corrected chi connectivity index (χ0v) is 8.22. The number of ether oxygens (including phenoxy) is 2. The van der Waals surface area contributed by atoms with Crippen molar-refractivity contribution < 1.29 is 14.3 Å². The molecule has 0 spiro atoms. The quantitative estimate of drug-likeness (QED) is 0.644. The highest BCUT2D eigenvalue weighted by molar-refractivity contribution is 5.73. The summed E-state index contributed by atoms with van der Waals surface area (Å²) in [4.78, 5) is 10.8. The molecule has 1 heterocycles. The molecule has 0 aromatic heterocycles. The number of amides is 2. The average molecular weight is 188 g/mol. The van der Waals surface area contributed by atoms with Gasteiger partial charge in [-0.2, -0.15) is 0 Å². The van der Waals surface area contributed by atoms with Gasteiger partial charge in [0.1, 0.15) is 6.10 Å². The molecule has 1 saturated heterocycles. The SMILES string of the molecule is CNC(=O)NCC1COC(C)(C)O1. The van der Waals surface area contributed by atoms with Crippen LogP contribution in [0.2, 0.25) is 0 Å². The molecule has 0 aliphatic carbocycles. The van der Waals surface area contributed by atoms with Gasteiger partial charge in [0, 0.05) is 13.6 Å². The minimum atomic E-state index is -0.519. The van der Waals surface area contributed by atoms with Gasteiger partial charge in [-0.25, -0.2) is 4.79 Å². The van der Waals surface area contributed by atoms with Crippen LogP contribution in [-0.2, 0) is 9.47 Å². The molecule has 1 unspecified atom stereocenters. The van der Waals surface area contributed by atoms with Crippen molar-refractivity contribution in [3.05, 3.63) is 0 Å². The maximum absolute atomic E-state index is 10.8. The topological polar surface area (TPSA) is 59.6 Å². The van der Waals surface area contributed by atoms with Crippen LogP contribution >= 0.6 is 0 Å². The van der Waals surface area contributed by atoms with Crippen LogP contribution in [0.4, 0.5) is 4.79 Å². The fraction of sp³-hybridized carbons (Fsp3) is 0.875. The fourth-order valence-corrected chi connectivity index (χ4v) is 1.16. The van der Waals surface area contributed by atoms with Crippen molar-refractivity contribution in [2.45, 2.75) is 25.7 Å². The van der Waals surface area contributed by atoms with Crippen LogP contribution in [0, 0.1) is 0 Å². The second-order valence-electron chi connectivity index (χ2n) is 3.41. The average Bonchev–Trinajstić information content (AvgIpc) is 2.41. The van der Waals surface area contributed by atoms with Gasteiger partial charge < -0.3 is 20.1 Å². The Bertz CT molecular complexity index is 194. The monoisotopic (exact) mass is 188 g/mol. The number of hydrogen-bond acceptors (Lipinski definition) is 3. The molecule has 2 N–H and O–H groups in total. The van der Waals surface area contributed by atoms with E-state index in [1.165, 1.54) is 0 Å². The van der Waals surface area contributed by atoms with Gasteiger partial charge in [-0.3, -0.25) is 0 Å². The van der Waals surface area contributed by atoms with Crippen LogP contribution in [-0.4, -0.2) is 38.1 Å². The van der Waals surface area contributed by atoms with Crippen LogP contribution in [0.25, 0.3) is 0 Å². The summed E-state index contributed by atoms with van der Waals surface area (Å²) < 4.78 is 10.8. The van der Waals surface area contributed by atoms with Crippen molar-refractivity contribution in [1.82, 2.24) is 10.6 Å². The van der Waals surface area contributed by atoms with E-state index in [1.807, 2.05) is 13.8 Å². The maximum Gasteiger partial charge on any atom is 0.314 e. The van der Waals surface area contributed by atoms with E-state index >= 15 is 0 Å². The summed E-state index contributed by atoms with van der Waals surface area (Å²) in [5, 5.41) is 5.12. The van der Waals surface area contributed by atoms with Crippen molar-refractivity contribution in [3.8, 4) is 0 Å². The Morgan fingerprint density at radius 1 is 1.62 bits per heavy atom. The third-order valence-electron chi connectivity index (χ3n) is 1.78. The lowest BCUT2D eigenvalue weighted by Gasteiger charge is -2.17. The highest BCUT2D eigenvalue weighted by Gasteiger charge is 2.32. The Hall–Kier alpha value is -0.810. The van der Waals surface area contributed by atoms with Gasteiger partial charge in [-0.05, 0) is 13.8 Å². The van der Waals surface area contributed by atoms with E-state index in [4.69, 9.17) is 9.47 Å². The van der Waals surface area contributed by atoms with E-state index in [-0.39, 0.29) is 12.1 Å². The molecule has 0 aromatic carbocycles. The van der Waals surface area contributed by atoms with Crippen molar-refractivity contribution >= 4 is 6.03 Å². The van der Waals surface area contributed by atoms with E-state index < -0.39 is 5.79 Å². The van der Waals surface area contributed by atoms with Crippen LogP contribution < -0.4 is 10.6 Å². The number of nitrogens with one attached hydrogen (secondary N) is 2. The Kier molecular flexibility index (Phi) is 3.11. The van der Waals surface area contributed by atoms with E-state index in [1.54, 1.807) is 7.05 Å². The lowest BCUT2D eigenvalue weighted by molar-refractivity contribution is -0.137. The van der Waals surface area contributed by atoms with E-state index in [0.29, 0.717) is 13.2 Å². The molecular formula is C8H16N2O3. The first kappa shape index (κ1) is 10.3. The van der Waals surface area contributed by atoms with E-state index in [2.05, 4.69) is 10.6 Å². The summed E-state index contributed by atoms with van der Waals surface area (Å²) >= 11 is 0. The van der Waals surface area contributed by atoms with Gasteiger partial charge in [0.05, 0.1) is 6.61 Å². The summed E-state index contributed by atoms with van der Waals surface area (Å²) in [5.74, 6) is -0.519. The third kappa shape index (κ3) is 3.20. The normalized spacial score (nSPS) is 25.6. The minimum absolute atomic E-state index is 0.0488. The van der Waals surface area contributed by atoms with E-state index in [9.17, 15) is 4.79 Å². The fourth-order valence-electron chi connectivity index (χ4n) is 1.16. The Balaban J connectivity index is 2.21. The first-order chi connectivity index (χ1) is 6.03. The molecule has 0 bridgehead atoms. The Labute approximate surface area is 77.8 Å². The molecular weight excluding hydrogens is 172 g/mol. The highest BCUT2D eigenvalue weighted by Crippen LogP contribution is 2.21. The second-order valence-corrected chi connectivity index (χ2v) is 3.41. The van der Waals surface area contributed by atoms with Crippen molar-refractivity contribution in [2.24, 2.45) is 0 Å². The zero-order chi connectivity index (χ0) is 9.90. The first-order valence-corrected chi connectivity index (χ1v) is 4.31. The van der Waals surface area contributed by atoms with Crippen molar-refractivity contribution in [1.29, 1.82) is 0 Å². The molecule has 13 heavy (non-hydrogen) atoms. The summed E-state index contributed by atoms with van der Waals surface area (Å²) in [5.41, 5.74) is 0. The van der Waals surface area contributed by atoms with Gasteiger partial charge >= 0.3 is 6.03 Å². The predicted molar refractivity (Wildman–Crippen MR) is 47.4 cm³/mol. The van der Waals surface area contributed by atoms with Gasteiger partial charge in [0.25, 0.3) is 0 Å². The summed E-state index contributed by atoms with van der Waals surface area (Å²) in [6.07, 6.45) is -0.0488. The van der Waals surface area contributed by atoms with Crippen LogP contribution in [0.5, 0.6) is 0 Å². The summed E-state index contributed by atoms with van der Waals surface area (Å²) in [6.45, 7) is 4.71. The molecule has 1 rings (SSSR count). The standard InChI is InChI=1S/C8H16N2O3/c1-8(2)12-5-6(13-8)4-10-7(11)9-3/h6H,4-5H2,1-3H3,(H2,9,10,11). The summed E-state index contributed by atoms with van der Waals surface area (Å²) in [7, 11) is 1.57. The molecule has 1 aliphatic rings. The van der Waals surface area contributed by atoms with Crippen LogP contribution in [0.3, 0.4) is 0 Å². The van der Waals surface area contributed by atoms with Gasteiger partial charge in [0.2, 0.25) is 0 Å². The smallest absolute Gasteiger partial charge is 0.314 e. The molecule has 1 atom stereocenters. The lowest BCUT2D eigenvalue weighted by atomic mass is 10.4. The van der Waals surface area contributed by atoms with Gasteiger partial charge in [-0.1, -0.05) is 0 Å². The Morgan fingerprint density at radius 3 is 2.77 bits per heavy atom. The van der Waals surface area contributed by atoms with Crippen LogP contribution in [0.1, 0.15) is 13.8 Å². The lowest BCUT2D eigenvalue weighted by Crippen LogP contribution is -2.39. The number of rotatable bonds is 2. The Morgan fingerprint density at radius 2 is 2.31 bits per heavy atom. The molecule has 2 amide bonds. The largest absolute Gasteiger partial charge is 0.348 e. The number of urea groups is 1. The first-order valence-electron chi connectivity index (χ1n) is 4.31. The molecule has 5 nitrogen and oxygen atoms in total.